The quantitative estimate of drug-likeness (QED) is 0.717. The molecule has 102 valence electrons. The minimum Gasteiger partial charge on any atom is -0.314 e. The van der Waals surface area contributed by atoms with Gasteiger partial charge in [-0.1, -0.05) is 32.0 Å². The highest BCUT2D eigenvalue weighted by Crippen LogP contribution is 2.13. The highest BCUT2D eigenvalue weighted by Gasteiger charge is 2.04. The van der Waals surface area contributed by atoms with E-state index in [1.807, 2.05) is 0 Å². The molecule has 0 aliphatic rings. The Morgan fingerprint density at radius 3 is 2.50 bits per heavy atom. The number of nitrogens with one attached hydrogen (secondary N) is 1. The summed E-state index contributed by atoms with van der Waals surface area (Å²) in [7, 11) is 0. The highest BCUT2D eigenvalue weighted by molar-refractivity contribution is 5.29. The second-order valence-electron chi connectivity index (χ2n) is 5.37. The van der Waals surface area contributed by atoms with Gasteiger partial charge < -0.3 is 5.32 Å². The summed E-state index contributed by atoms with van der Waals surface area (Å²) in [5.41, 5.74) is 4.31. The SMILES string of the molecule is CCCNC(CC)CCCc1ccc(C)c(C)c1. The van der Waals surface area contributed by atoms with Gasteiger partial charge in [0.2, 0.25) is 0 Å². The average Bonchev–Trinajstić information content (AvgIpc) is 2.37. The molecule has 0 heterocycles. The number of benzene rings is 1. The van der Waals surface area contributed by atoms with Crippen LogP contribution in [0.2, 0.25) is 0 Å². The van der Waals surface area contributed by atoms with Crippen LogP contribution >= 0.6 is 0 Å². The zero-order valence-corrected chi connectivity index (χ0v) is 12.6. The van der Waals surface area contributed by atoms with Crippen molar-refractivity contribution in [1.82, 2.24) is 5.32 Å². The van der Waals surface area contributed by atoms with Crippen LogP contribution in [-0.4, -0.2) is 12.6 Å². The summed E-state index contributed by atoms with van der Waals surface area (Å²) < 4.78 is 0. The lowest BCUT2D eigenvalue weighted by Gasteiger charge is -2.16. The first-order valence-corrected chi connectivity index (χ1v) is 7.46. The molecule has 0 aliphatic heterocycles. The number of hydrogen-bond donors (Lipinski definition) is 1. The summed E-state index contributed by atoms with van der Waals surface area (Å²) in [4.78, 5) is 0. The molecular weight excluding hydrogens is 218 g/mol. The zero-order valence-electron chi connectivity index (χ0n) is 12.6. The standard InChI is InChI=1S/C17H29N/c1-5-12-18-17(6-2)9-7-8-16-11-10-14(3)15(4)13-16/h10-11,13,17-18H,5-9,12H2,1-4H3. The molecule has 0 saturated heterocycles. The van der Waals surface area contributed by atoms with Gasteiger partial charge >= 0.3 is 0 Å². The minimum absolute atomic E-state index is 0.705. The first kappa shape index (κ1) is 15.2. The van der Waals surface area contributed by atoms with Crippen molar-refractivity contribution in [3.8, 4) is 0 Å². The molecule has 1 rings (SSSR count). The van der Waals surface area contributed by atoms with E-state index in [0.29, 0.717) is 6.04 Å². The summed E-state index contributed by atoms with van der Waals surface area (Å²) in [6.45, 7) is 10.1. The molecule has 0 fully saturated rings. The van der Waals surface area contributed by atoms with Crippen molar-refractivity contribution in [3.63, 3.8) is 0 Å². The Morgan fingerprint density at radius 2 is 1.89 bits per heavy atom. The lowest BCUT2D eigenvalue weighted by atomic mass is 10.00. The molecular formula is C17H29N. The summed E-state index contributed by atoms with van der Waals surface area (Å²) in [5, 5.41) is 3.63. The molecule has 1 unspecified atom stereocenters. The predicted octanol–water partition coefficient (Wildman–Crippen LogP) is 4.40. The molecule has 1 nitrogen and oxygen atoms in total. The fourth-order valence-corrected chi connectivity index (χ4v) is 2.31. The third kappa shape index (κ3) is 5.22. The van der Waals surface area contributed by atoms with Crippen LogP contribution in [0.3, 0.4) is 0 Å². The maximum atomic E-state index is 3.63. The summed E-state index contributed by atoms with van der Waals surface area (Å²) in [6.07, 6.45) is 6.27. The van der Waals surface area contributed by atoms with Crippen molar-refractivity contribution in [3.05, 3.63) is 34.9 Å². The van der Waals surface area contributed by atoms with E-state index in [1.54, 1.807) is 0 Å². The normalized spacial score (nSPS) is 12.7. The summed E-state index contributed by atoms with van der Waals surface area (Å²) in [6, 6.07) is 7.58. The van der Waals surface area contributed by atoms with Gasteiger partial charge in [0.05, 0.1) is 0 Å². The largest absolute Gasteiger partial charge is 0.314 e. The van der Waals surface area contributed by atoms with E-state index in [9.17, 15) is 0 Å². The Morgan fingerprint density at radius 1 is 1.11 bits per heavy atom. The molecule has 0 spiro atoms. The summed E-state index contributed by atoms with van der Waals surface area (Å²) >= 11 is 0. The average molecular weight is 247 g/mol. The molecule has 0 saturated carbocycles. The molecule has 1 atom stereocenters. The summed E-state index contributed by atoms with van der Waals surface area (Å²) in [5.74, 6) is 0. The highest BCUT2D eigenvalue weighted by atomic mass is 14.9. The lowest BCUT2D eigenvalue weighted by molar-refractivity contribution is 0.456. The third-order valence-corrected chi connectivity index (χ3v) is 3.77. The van der Waals surface area contributed by atoms with Crippen molar-refractivity contribution < 1.29 is 0 Å². The molecule has 0 amide bonds. The van der Waals surface area contributed by atoms with Crippen LogP contribution in [0.25, 0.3) is 0 Å². The topological polar surface area (TPSA) is 12.0 Å². The Labute approximate surface area is 113 Å². The fourth-order valence-electron chi connectivity index (χ4n) is 2.31. The van der Waals surface area contributed by atoms with E-state index in [-0.39, 0.29) is 0 Å². The molecule has 1 N–H and O–H groups in total. The van der Waals surface area contributed by atoms with Gasteiger partial charge in [0.25, 0.3) is 0 Å². The van der Waals surface area contributed by atoms with Gasteiger partial charge in [0.15, 0.2) is 0 Å². The van der Waals surface area contributed by atoms with Crippen LogP contribution in [0.5, 0.6) is 0 Å². The minimum atomic E-state index is 0.705. The van der Waals surface area contributed by atoms with E-state index in [0.717, 1.165) is 6.54 Å². The van der Waals surface area contributed by atoms with Crippen LogP contribution in [0.15, 0.2) is 18.2 Å². The molecule has 18 heavy (non-hydrogen) atoms. The Balaban J connectivity index is 2.33. The van der Waals surface area contributed by atoms with Crippen molar-refractivity contribution >= 4 is 0 Å². The molecule has 1 heteroatoms. The van der Waals surface area contributed by atoms with Crippen molar-refractivity contribution in [2.75, 3.05) is 6.54 Å². The second kappa shape index (κ2) is 8.31. The number of rotatable bonds is 8. The van der Waals surface area contributed by atoms with Gasteiger partial charge in [-0.05, 0) is 69.2 Å². The maximum absolute atomic E-state index is 3.63. The second-order valence-corrected chi connectivity index (χ2v) is 5.37. The molecule has 0 bridgehead atoms. The Hall–Kier alpha value is -0.820. The van der Waals surface area contributed by atoms with Crippen LogP contribution in [-0.2, 0) is 6.42 Å². The van der Waals surface area contributed by atoms with Crippen LogP contribution < -0.4 is 5.32 Å². The van der Waals surface area contributed by atoms with Gasteiger partial charge in [-0.3, -0.25) is 0 Å². The van der Waals surface area contributed by atoms with Crippen molar-refractivity contribution in [2.45, 2.75) is 65.8 Å². The van der Waals surface area contributed by atoms with Gasteiger partial charge in [-0.15, -0.1) is 0 Å². The Bertz CT molecular complexity index is 343. The number of aryl methyl sites for hydroxylation is 3. The zero-order chi connectivity index (χ0) is 13.4. The Kier molecular flexibility index (Phi) is 7.04. The smallest absolute Gasteiger partial charge is 0.00645 e. The lowest BCUT2D eigenvalue weighted by Crippen LogP contribution is -2.29. The third-order valence-electron chi connectivity index (χ3n) is 3.77. The maximum Gasteiger partial charge on any atom is 0.00645 e. The van der Waals surface area contributed by atoms with E-state index >= 15 is 0 Å². The van der Waals surface area contributed by atoms with Crippen LogP contribution in [0.1, 0.15) is 56.2 Å². The van der Waals surface area contributed by atoms with E-state index in [4.69, 9.17) is 0 Å². The van der Waals surface area contributed by atoms with E-state index < -0.39 is 0 Å². The molecule has 1 aromatic carbocycles. The van der Waals surface area contributed by atoms with E-state index in [2.05, 4.69) is 51.2 Å². The fraction of sp³-hybridized carbons (Fsp3) is 0.647. The molecule has 0 aromatic heterocycles. The molecule has 0 aliphatic carbocycles. The van der Waals surface area contributed by atoms with Crippen LogP contribution in [0.4, 0.5) is 0 Å². The first-order valence-electron chi connectivity index (χ1n) is 7.46. The van der Waals surface area contributed by atoms with Crippen LogP contribution in [0, 0.1) is 13.8 Å². The first-order chi connectivity index (χ1) is 8.67. The van der Waals surface area contributed by atoms with Gasteiger partial charge in [-0.25, -0.2) is 0 Å². The molecule has 0 radical (unpaired) electrons. The van der Waals surface area contributed by atoms with Gasteiger partial charge in [-0.2, -0.15) is 0 Å². The molecule has 1 aromatic rings. The predicted molar refractivity (Wildman–Crippen MR) is 81.2 cm³/mol. The monoisotopic (exact) mass is 247 g/mol. The van der Waals surface area contributed by atoms with Gasteiger partial charge in [0.1, 0.15) is 0 Å². The van der Waals surface area contributed by atoms with E-state index in [1.165, 1.54) is 48.8 Å². The van der Waals surface area contributed by atoms with Gasteiger partial charge in [0, 0.05) is 6.04 Å². The van der Waals surface area contributed by atoms with Crippen molar-refractivity contribution in [1.29, 1.82) is 0 Å². The van der Waals surface area contributed by atoms with Crippen molar-refractivity contribution in [2.24, 2.45) is 0 Å². The number of hydrogen-bond acceptors (Lipinski definition) is 1.